The van der Waals surface area contributed by atoms with Crippen LogP contribution in [0.15, 0.2) is 64.0 Å². The number of aryl methyl sites for hydroxylation is 2. The molecule has 0 saturated heterocycles. The van der Waals surface area contributed by atoms with Gasteiger partial charge in [0.1, 0.15) is 16.7 Å². The third kappa shape index (κ3) is 4.45. The minimum atomic E-state index is -0.317. The van der Waals surface area contributed by atoms with Gasteiger partial charge in [0.25, 0.3) is 0 Å². The molecule has 2 aromatic heterocycles. The number of aromatic nitrogens is 3. The molecule has 2 heterocycles. The fourth-order valence-corrected chi connectivity index (χ4v) is 4.04. The zero-order chi connectivity index (χ0) is 22.0. The lowest BCUT2D eigenvalue weighted by molar-refractivity contribution is 0.415. The van der Waals surface area contributed by atoms with E-state index in [-0.39, 0.29) is 5.82 Å². The monoisotopic (exact) mass is 455 g/mol. The largest absolute Gasteiger partial charge is 0.497 e. The van der Waals surface area contributed by atoms with Gasteiger partial charge in [0.15, 0.2) is 0 Å². The highest BCUT2D eigenvalue weighted by molar-refractivity contribution is 7.07. The zero-order valence-corrected chi connectivity index (χ0v) is 18.7. The standard InChI is InChI=1S/C22H19ClFN5OS/c1-14-13-31-22(26-17-6-10-19(30-3)11-7-17)28(14)25-12-20-15(2)27-29(21(20)23)18-8-4-16(24)5-9-18/h4-13H,1-3H3. The Kier molecular flexibility index (Phi) is 6.01. The molecular formula is C22H19ClFN5OS. The van der Waals surface area contributed by atoms with Crippen LogP contribution in [0.25, 0.3) is 5.69 Å². The summed E-state index contributed by atoms with van der Waals surface area (Å²) in [4.78, 5) is 5.40. The van der Waals surface area contributed by atoms with Crippen molar-refractivity contribution in [3.8, 4) is 11.4 Å². The first-order chi connectivity index (χ1) is 15.0. The second-order valence-corrected chi connectivity index (χ2v) is 7.90. The van der Waals surface area contributed by atoms with Crippen molar-refractivity contribution < 1.29 is 9.13 Å². The summed E-state index contributed by atoms with van der Waals surface area (Å²) in [5.74, 6) is 0.457. The van der Waals surface area contributed by atoms with E-state index < -0.39 is 0 Å². The number of benzene rings is 2. The van der Waals surface area contributed by atoms with Crippen molar-refractivity contribution in [1.82, 2.24) is 14.5 Å². The first kappa shape index (κ1) is 21.0. The summed E-state index contributed by atoms with van der Waals surface area (Å²) in [6, 6.07) is 13.5. The Morgan fingerprint density at radius 3 is 2.48 bits per heavy atom. The molecule has 0 aliphatic heterocycles. The Morgan fingerprint density at radius 1 is 1.10 bits per heavy atom. The fourth-order valence-electron chi connectivity index (χ4n) is 2.90. The van der Waals surface area contributed by atoms with Crippen LogP contribution in [0.2, 0.25) is 5.15 Å². The number of ether oxygens (including phenoxy) is 1. The van der Waals surface area contributed by atoms with Crippen molar-refractivity contribution in [2.45, 2.75) is 13.8 Å². The van der Waals surface area contributed by atoms with Gasteiger partial charge in [-0.15, -0.1) is 11.3 Å². The maximum atomic E-state index is 13.2. The Labute approximate surface area is 187 Å². The fraction of sp³-hybridized carbons (Fsp3) is 0.136. The summed E-state index contributed by atoms with van der Waals surface area (Å²) in [5, 5.41) is 11.4. The highest BCUT2D eigenvalue weighted by atomic mass is 35.5. The van der Waals surface area contributed by atoms with Crippen molar-refractivity contribution in [1.29, 1.82) is 0 Å². The van der Waals surface area contributed by atoms with Crippen molar-refractivity contribution in [2.75, 3.05) is 7.11 Å². The van der Waals surface area contributed by atoms with Gasteiger partial charge in [0.2, 0.25) is 4.80 Å². The van der Waals surface area contributed by atoms with Crippen LogP contribution in [-0.4, -0.2) is 27.8 Å². The molecule has 2 aromatic carbocycles. The third-order valence-corrected chi connectivity index (χ3v) is 5.87. The zero-order valence-electron chi connectivity index (χ0n) is 17.1. The van der Waals surface area contributed by atoms with E-state index in [1.165, 1.54) is 23.5 Å². The van der Waals surface area contributed by atoms with Gasteiger partial charge in [-0.3, -0.25) is 0 Å². The van der Waals surface area contributed by atoms with E-state index in [4.69, 9.17) is 16.3 Å². The minimum absolute atomic E-state index is 0.317. The molecular weight excluding hydrogens is 437 g/mol. The third-order valence-electron chi connectivity index (χ3n) is 4.57. The molecule has 0 radical (unpaired) electrons. The van der Waals surface area contributed by atoms with Crippen LogP contribution in [-0.2, 0) is 0 Å². The SMILES string of the molecule is COc1ccc(N=c2scc(C)n2N=Cc2c(C)nn(-c3ccc(F)cc3)c2Cl)cc1. The summed E-state index contributed by atoms with van der Waals surface area (Å²) in [6.07, 6.45) is 1.66. The molecule has 9 heteroatoms. The van der Waals surface area contributed by atoms with E-state index in [0.717, 1.165) is 21.9 Å². The molecule has 0 unspecified atom stereocenters. The molecule has 0 atom stereocenters. The molecule has 0 fully saturated rings. The molecule has 158 valence electrons. The molecule has 4 rings (SSSR count). The predicted molar refractivity (Wildman–Crippen MR) is 122 cm³/mol. The maximum absolute atomic E-state index is 13.2. The number of thiazole rings is 1. The van der Waals surface area contributed by atoms with E-state index >= 15 is 0 Å². The molecule has 31 heavy (non-hydrogen) atoms. The van der Waals surface area contributed by atoms with Gasteiger partial charge in [0.05, 0.1) is 41.7 Å². The average Bonchev–Trinajstić information content (AvgIpc) is 3.26. The number of nitrogens with zero attached hydrogens (tertiary/aromatic N) is 5. The average molecular weight is 456 g/mol. The maximum Gasteiger partial charge on any atom is 0.211 e. The number of hydrogen-bond acceptors (Lipinski definition) is 5. The van der Waals surface area contributed by atoms with Crippen molar-refractivity contribution in [3.63, 3.8) is 0 Å². The van der Waals surface area contributed by atoms with Gasteiger partial charge in [-0.25, -0.2) is 18.7 Å². The molecule has 6 nitrogen and oxygen atoms in total. The second-order valence-electron chi connectivity index (χ2n) is 6.70. The van der Waals surface area contributed by atoms with E-state index in [1.807, 2.05) is 43.5 Å². The lowest BCUT2D eigenvalue weighted by Gasteiger charge is -2.02. The second kappa shape index (κ2) is 8.87. The lowest BCUT2D eigenvalue weighted by atomic mass is 10.3. The van der Waals surface area contributed by atoms with E-state index in [9.17, 15) is 4.39 Å². The first-order valence-corrected chi connectivity index (χ1v) is 10.6. The molecule has 0 saturated carbocycles. The van der Waals surface area contributed by atoms with Crippen LogP contribution in [0.5, 0.6) is 5.75 Å². The first-order valence-electron chi connectivity index (χ1n) is 9.37. The summed E-state index contributed by atoms with van der Waals surface area (Å²) in [6.45, 7) is 3.80. The van der Waals surface area contributed by atoms with E-state index in [1.54, 1.807) is 34.8 Å². The lowest BCUT2D eigenvalue weighted by Crippen LogP contribution is -2.11. The molecule has 0 bridgehead atoms. The van der Waals surface area contributed by atoms with Crippen LogP contribution < -0.4 is 9.54 Å². The van der Waals surface area contributed by atoms with Crippen molar-refractivity contribution >= 4 is 34.8 Å². The van der Waals surface area contributed by atoms with Crippen LogP contribution >= 0.6 is 22.9 Å². The van der Waals surface area contributed by atoms with Crippen LogP contribution in [0, 0.1) is 19.7 Å². The Bertz CT molecular complexity index is 1300. The van der Waals surface area contributed by atoms with Crippen LogP contribution in [0.3, 0.4) is 0 Å². The van der Waals surface area contributed by atoms with Crippen molar-refractivity contribution in [2.24, 2.45) is 10.1 Å². The molecule has 0 aliphatic rings. The van der Waals surface area contributed by atoms with Gasteiger partial charge in [-0.1, -0.05) is 11.6 Å². The van der Waals surface area contributed by atoms with Gasteiger partial charge < -0.3 is 4.74 Å². The predicted octanol–water partition coefficient (Wildman–Crippen LogP) is 5.27. The molecule has 4 aromatic rings. The quantitative estimate of drug-likeness (QED) is 0.385. The summed E-state index contributed by atoms with van der Waals surface area (Å²) >= 11 is 8.05. The smallest absolute Gasteiger partial charge is 0.211 e. The molecule has 0 N–H and O–H groups in total. The Balaban J connectivity index is 1.69. The highest BCUT2D eigenvalue weighted by Gasteiger charge is 2.13. The van der Waals surface area contributed by atoms with Gasteiger partial charge in [-0.2, -0.15) is 10.2 Å². The Morgan fingerprint density at radius 2 is 1.81 bits per heavy atom. The van der Waals surface area contributed by atoms with Gasteiger partial charge in [-0.05, 0) is 62.4 Å². The molecule has 0 aliphatic carbocycles. The normalized spacial score (nSPS) is 12.1. The van der Waals surface area contributed by atoms with E-state index in [2.05, 4.69) is 15.2 Å². The number of methoxy groups -OCH3 is 1. The van der Waals surface area contributed by atoms with Gasteiger partial charge >= 0.3 is 0 Å². The summed E-state index contributed by atoms with van der Waals surface area (Å²) < 4.78 is 21.7. The topological polar surface area (TPSA) is 56.7 Å². The molecule has 0 spiro atoms. The molecule has 0 amide bonds. The number of hydrogen-bond donors (Lipinski definition) is 0. The van der Waals surface area contributed by atoms with Crippen molar-refractivity contribution in [3.05, 3.63) is 86.6 Å². The van der Waals surface area contributed by atoms with Gasteiger partial charge in [0, 0.05) is 5.38 Å². The number of rotatable bonds is 5. The van der Waals surface area contributed by atoms with E-state index in [0.29, 0.717) is 22.1 Å². The Hall–Kier alpha value is -3.23. The minimum Gasteiger partial charge on any atom is -0.497 e. The number of halogens is 2. The summed E-state index contributed by atoms with van der Waals surface area (Å²) in [7, 11) is 1.63. The summed E-state index contributed by atoms with van der Waals surface area (Å²) in [5.41, 5.74) is 3.79. The van der Waals surface area contributed by atoms with Crippen LogP contribution in [0.1, 0.15) is 17.0 Å². The highest BCUT2D eigenvalue weighted by Crippen LogP contribution is 2.22. The van der Waals surface area contributed by atoms with Crippen LogP contribution in [0.4, 0.5) is 10.1 Å².